The van der Waals surface area contributed by atoms with Crippen molar-refractivity contribution in [1.82, 2.24) is 0 Å². The van der Waals surface area contributed by atoms with Crippen LogP contribution in [0, 0.1) is 17.8 Å². The lowest BCUT2D eigenvalue weighted by Crippen LogP contribution is -1.94. The van der Waals surface area contributed by atoms with Crippen molar-refractivity contribution in [3.63, 3.8) is 0 Å². The van der Waals surface area contributed by atoms with Crippen molar-refractivity contribution in [1.29, 1.82) is 0 Å². The number of hydrogen-bond donors (Lipinski definition) is 0. The molecule has 46 valence electrons. The van der Waals surface area contributed by atoms with Crippen molar-refractivity contribution in [3.8, 4) is 0 Å². The van der Waals surface area contributed by atoms with Gasteiger partial charge in [0.15, 0.2) is 0 Å². The van der Waals surface area contributed by atoms with Gasteiger partial charge in [0.25, 0.3) is 0 Å². The molecule has 2 aliphatic carbocycles. The molecular weight excluding hydrogens is 96.1 g/mol. The maximum Gasteiger partial charge on any atom is -0.0355 e. The van der Waals surface area contributed by atoms with E-state index in [9.17, 15) is 0 Å². The Labute approximate surface area is 51.3 Å². The maximum absolute atomic E-state index is 2.34. The Kier molecular flexibility index (Phi) is 0.902. The summed E-state index contributed by atoms with van der Waals surface area (Å²) in [5.74, 6) is 3.53. The van der Waals surface area contributed by atoms with E-state index < -0.39 is 0 Å². The van der Waals surface area contributed by atoms with Crippen LogP contribution in [0.25, 0.3) is 0 Å². The third-order valence-corrected chi connectivity index (χ3v) is 3.02. The van der Waals surface area contributed by atoms with Crippen LogP contribution in [0.1, 0.15) is 32.6 Å². The molecule has 2 rings (SSSR count). The first-order chi connectivity index (χ1) is 3.92. The van der Waals surface area contributed by atoms with Gasteiger partial charge in [0.2, 0.25) is 0 Å². The molecule has 0 aliphatic heterocycles. The predicted molar refractivity (Wildman–Crippen MR) is 34.6 cm³/mol. The molecule has 0 heteroatoms. The first-order valence-corrected chi connectivity index (χ1v) is 3.92. The zero-order valence-corrected chi connectivity index (χ0v) is 5.56. The predicted octanol–water partition coefficient (Wildman–Crippen LogP) is 2.44. The fourth-order valence-electron chi connectivity index (χ4n) is 2.33. The van der Waals surface area contributed by atoms with Crippen molar-refractivity contribution >= 4 is 0 Å². The Hall–Kier alpha value is 0. The molecule has 0 radical (unpaired) electrons. The first-order valence-electron chi connectivity index (χ1n) is 3.92. The molecule has 0 amide bonds. The second kappa shape index (κ2) is 1.49. The van der Waals surface area contributed by atoms with Crippen LogP contribution in [0.4, 0.5) is 0 Å². The molecule has 2 aliphatic rings. The van der Waals surface area contributed by atoms with Gasteiger partial charge in [0, 0.05) is 0 Å². The summed E-state index contributed by atoms with van der Waals surface area (Å²) in [4.78, 5) is 0. The van der Waals surface area contributed by atoms with Crippen LogP contribution in [0.5, 0.6) is 0 Å². The molecule has 0 nitrogen and oxygen atoms in total. The van der Waals surface area contributed by atoms with Crippen molar-refractivity contribution in [2.45, 2.75) is 32.6 Å². The molecular formula is C8H14. The van der Waals surface area contributed by atoms with Crippen molar-refractivity contribution in [2.75, 3.05) is 0 Å². The Morgan fingerprint density at radius 1 is 1.38 bits per heavy atom. The van der Waals surface area contributed by atoms with Gasteiger partial charge in [0.05, 0.1) is 0 Å². The average Bonchev–Trinajstić information content (AvgIpc) is 2.46. The quantitative estimate of drug-likeness (QED) is 0.486. The molecule has 3 atom stereocenters. The lowest BCUT2D eigenvalue weighted by Gasteiger charge is -2.04. The van der Waals surface area contributed by atoms with E-state index in [0.29, 0.717) is 0 Å². The molecule has 0 aromatic rings. The molecule has 0 bridgehead atoms. The highest BCUT2D eigenvalue weighted by Gasteiger charge is 2.46. The SMILES string of the molecule is CCC1CCC2C[C@H]12. The normalized spacial score (nSPS) is 51.4. The Morgan fingerprint density at radius 2 is 2.25 bits per heavy atom. The Morgan fingerprint density at radius 3 is 2.50 bits per heavy atom. The minimum Gasteiger partial charge on any atom is -0.0651 e. The highest BCUT2D eigenvalue weighted by atomic mass is 14.5. The van der Waals surface area contributed by atoms with Crippen LogP contribution in [0.15, 0.2) is 0 Å². The van der Waals surface area contributed by atoms with Gasteiger partial charge in [-0.3, -0.25) is 0 Å². The fourth-order valence-corrected chi connectivity index (χ4v) is 2.33. The minimum absolute atomic E-state index is 1.14. The highest BCUT2D eigenvalue weighted by molar-refractivity contribution is 4.96. The van der Waals surface area contributed by atoms with Crippen LogP contribution in [-0.4, -0.2) is 0 Å². The molecule has 0 saturated heterocycles. The number of hydrogen-bond acceptors (Lipinski definition) is 0. The topological polar surface area (TPSA) is 0 Å². The van der Waals surface area contributed by atoms with E-state index in [-0.39, 0.29) is 0 Å². The molecule has 0 aromatic carbocycles. The van der Waals surface area contributed by atoms with E-state index in [4.69, 9.17) is 0 Å². The average molecular weight is 110 g/mol. The molecule has 0 heterocycles. The molecule has 2 fully saturated rings. The molecule has 2 saturated carbocycles. The summed E-state index contributed by atoms with van der Waals surface area (Å²) in [7, 11) is 0. The Bertz CT molecular complexity index is 96.2. The van der Waals surface area contributed by atoms with Crippen LogP contribution >= 0.6 is 0 Å². The Balaban J connectivity index is 1.97. The van der Waals surface area contributed by atoms with Crippen molar-refractivity contribution in [2.24, 2.45) is 17.8 Å². The summed E-state index contributed by atoms with van der Waals surface area (Å²) in [6.45, 7) is 2.34. The van der Waals surface area contributed by atoms with Crippen molar-refractivity contribution < 1.29 is 0 Å². The molecule has 8 heavy (non-hydrogen) atoms. The van der Waals surface area contributed by atoms with E-state index >= 15 is 0 Å². The number of fused-ring (bicyclic) bond motifs is 1. The van der Waals surface area contributed by atoms with Gasteiger partial charge >= 0.3 is 0 Å². The van der Waals surface area contributed by atoms with Gasteiger partial charge in [-0.25, -0.2) is 0 Å². The highest BCUT2D eigenvalue weighted by Crippen LogP contribution is 2.56. The molecule has 0 N–H and O–H groups in total. The van der Waals surface area contributed by atoms with E-state index in [1.807, 2.05) is 0 Å². The zero-order valence-electron chi connectivity index (χ0n) is 5.56. The lowest BCUT2D eigenvalue weighted by molar-refractivity contribution is 0.465. The lowest BCUT2D eigenvalue weighted by atomic mass is 10.0. The summed E-state index contributed by atoms with van der Waals surface area (Å²) >= 11 is 0. The van der Waals surface area contributed by atoms with Gasteiger partial charge in [-0.05, 0) is 37.0 Å². The molecule has 0 aromatic heterocycles. The van der Waals surface area contributed by atoms with Gasteiger partial charge in [-0.1, -0.05) is 13.3 Å². The van der Waals surface area contributed by atoms with E-state index in [1.54, 1.807) is 19.3 Å². The van der Waals surface area contributed by atoms with Gasteiger partial charge in [-0.2, -0.15) is 0 Å². The summed E-state index contributed by atoms with van der Waals surface area (Å²) in [5.41, 5.74) is 0. The van der Waals surface area contributed by atoms with Gasteiger partial charge in [-0.15, -0.1) is 0 Å². The first kappa shape index (κ1) is 4.84. The standard InChI is InChI=1S/C8H14/c1-2-6-3-4-7-5-8(6)7/h6-8H,2-5H2,1H3/t6?,7?,8-/m1/s1. The third-order valence-electron chi connectivity index (χ3n) is 3.02. The largest absolute Gasteiger partial charge is 0.0651 e. The van der Waals surface area contributed by atoms with Gasteiger partial charge in [0.1, 0.15) is 0 Å². The summed E-state index contributed by atoms with van der Waals surface area (Å²) in [6, 6.07) is 0. The molecule has 0 spiro atoms. The van der Waals surface area contributed by atoms with Gasteiger partial charge < -0.3 is 0 Å². The summed E-state index contributed by atoms with van der Waals surface area (Å²) in [5, 5.41) is 0. The van der Waals surface area contributed by atoms with E-state index in [0.717, 1.165) is 5.92 Å². The second-order valence-corrected chi connectivity index (χ2v) is 3.41. The van der Waals surface area contributed by atoms with Crippen LogP contribution in [0.2, 0.25) is 0 Å². The molecule has 2 unspecified atom stereocenters. The van der Waals surface area contributed by atoms with Crippen LogP contribution < -0.4 is 0 Å². The number of rotatable bonds is 1. The van der Waals surface area contributed by atoms with Crippen molar-refractivity contribution in [3.05, 3.63) is 0 Å². The second-order valence-electron chi connectivity index (χ2n) is 3.41. The zero-order chi connectivity index (χ0) is 5.56. The smallest absolute Gasteiger partial charge is 0.0355 e. The minimum atomic E-state index is 1.14. The fraction of sp³-hybridized carbons (Fsp3) is 1.00. The third kappa shape index (κ3) is 0.519. The monoisotopic (exact) mass is 110 g/mol. The van der Waals surface area contributed by atoms with Crippen LogP contribution in [-0.2, 0) is 0 Å². The summed E-state index contributed by atoms with van der Waals surface area (Å²) in [6.07, 6.45) is 6.13. The van der Waals surface area contributed by atoms with E-state index in [1.165, 1.54) is 18.3 Å². The maximum atomic E-state index is 2.34. The van der Waals surface area contributed by atoms with E-state index in [2.05, 4.69) is 6.92 Å². The van der Waals surface area contributed by atoms with Crippen LogP contribution in [0.3, 0.4) is 0 Å². The summed E-state index contributed by atoms with van der Waals surface area (Å²) < 4.78 is 0.